The number of hydrogen-bond donors (Lipinski definition) is 3. The average molecular weight is 246 g/mol. The van der Waals surface area contributed by atoms with Crippen LogP contribution in [-0.2, 0) is 6.42 Å². The van der Waals surface area contributed by atoms with E-state index in [4.69, 9.17) is 11.5 Å². The number of H-pyrrole nitrogens is 1. The Morgan fingerprint density at radius 1 is 1.33 bits per heavy atom. The number of hydrogen-bond acceptors (Lipinski definition) is 3. The van der Waals surface area contributed by atoms with E-state index < -0.39 is 0 Å². The molecule has 1 aromatic heterocycles. The molecule has 0 bridgehead atoms. The van der Waals surface area contributed by atoms with Gasteiger partial charge < -0.3 is 21.4 Å². The lowest BCUT2D eigenvalue weighted by molar-refractivity contribution is 0.316. The number of aromatic nitrogens is 1. The third-order valence-electron chi connectivity index (χ3n) is 3.29. The molecule has 1 heterocycles. The van der Waals surface area contributed by atoms with Crippen molar-refractivity contribution in [3.8, 4) is 0 Å². The zero-order chi connectivity index (χ0) is 13.0. The maximum atomic E-state index is 5.84. The number of aromatic amines is 1. The first-order chi connectivity index (χ1) is 8.70. The van der Waals surface area contributed by atoms with Crippen molar-refractivity contribution in [2.45, 2.75) is 12.5 Å². The molecule has 0 fully saturated rings. The Balaban J connectivity index is 1.94. The molecule has 5 N–H and O–H groups in total. The van der Waals surface area contributed by atoms with Gasteiger partial charge >= 0.3 is 0 Å². The van der Waals surface area contributed by atoms with Gasteiger partial charge in [-0.05, 0) is 25.1 Å². The quantitative estimate of drug-likeness (QED) is 0.710. The highest BCUT2D eigenvalue weighted by Crippen LogP contribution is 2.18. The van der Waals surface area contributed by atoms with Gasteiger partial charge in [0.2, 0.25) is 0 Å². The molecule has 0 saturated carbocycles. The van der Waals surface area contributed by atoms with E-state index in [9.17, 15) is 0 Å². The van der Waals surface area contributed by atoms with Gasteiger partial charge in [0, 0.05) is 42.8 Å². The summed E-state index contributed by atoms with van der Waals surface area (Å²) < 4.78 is 0. The summed E-state index contributed by atoms with van der Waals surface area (Å²) in [5, 5.41) is 1.31. The molecule has 1 atom stereocenters. The monoisotopic (exact) mass is 246 g/mol. The fourth-order valence-electron chi connectivity index (χ4n) is 2.22. The van der Waals surface area contributed by atoms with Gasteiger partial charge in [-0.3, -0.25) is 0 Å². The molecule has 4 heteroatoms. The SMILES string of the molecule is CN(CCc1c[nH]c2ccccc12)CC(N)CN. The summed E-state index contributed by atoms with van der Waals surface area (Å²) >= 11 is 0. The lowest BCUT2D eigenvalue weighted by atomic mass is 10.1. The Labute approximate surface area is 108 Å². The molecule has 18 heavy (non-hydrogen) atoms. The number of nitrogens with one attached hydrogen (secondary N) is 1. The molecule has 2 rings (SSSR count). The van der Waals surface area contributed by atoms with E-state index in [1.54, 1.807) is 0 Å². The fraction of sp³-hybridized carbons (Fsp3) is 0.429. The first-order valence-electron chi connectivity index (χ1n) is 6.40. The van der Waals surface area contributed by atoms with E-state index in [0.29, 0.717) is 6.54 Å². The van der Waals surface area contributed by atoms with Crippen LogP contribution in [0, 0.1) is 0 Å². The minimum absolute atomic E-state index is 0.0676. The lowest BCUT2D eigenvalue weighted by Gasteiger charge is -2.19. The molecule has 0 spiro atoms. The van der Waals surface area contributed by atoms with Gasteiger partial charge in [0.05, 0.1) is 0 Å². The maximum Gasteiger partial charge on any atom is 0.0456 e. The standard InChI is InChI=1S/C14H22N4/c1-18(10-12(16)8-15)7-6-11-9-17-14-5-3-2-4-13(11)14/h2-5,9,12,17H,6-8,10,15-16H2,1H3. The molecular weight excluding hydrogens is 224 g/mol. The van der Waals surface area contributed by atoms with Crippen molar-refractivity contribution in [3.63, 3.8) is 0 Å². The van der Waals surface area contributed by atoms with Crippen LogP contribution in [0.3, 0.4) is 0 Å². The molecule has 0 aliphatic rings. The van der Waals surface area contributed by atoms with Crippen molar-refractivity contribution >= 4 is 10.9 Å². The molecule has 4 nitrogen and oxygen atoms in total. The highest BCUT2D eigenvalue weighted by Gasteiger charge is 2.07. The summed E-state index contributed by atoms with van der Waals surface area (Å²) in [4.78, 5) is 5.54. The Morgan fingerprint density at radius 2 is 2.11 bits per heavy atom. The molecule has 0 radical (unpaired) electrons. The topological polar surface area (TPSA) is 71.1 Å². The number of benzene rings is 1. The molecule has 0 aliphatic carbocycles. The molecular formula is C14H22N4. The predicted octanol–water partition coefficient (Wildman–Crippen LogP) is 0.928. The lowest BCUT2D eigenvalue weighted by Crippen LogP contribution is -2.41. The number of rotatable bonds is 6. The van der Waals surface area contributed by atoms with E-state index in [1.807, 2.05) is 0 Å². The summed E-state index contributed by atoms with van der Waals surface area (Å²) in [6.07, 6.45) is 3.12. The van der Waals surface area contributed by atoms with E-state index >= 15 is 0 Å². The van der Waals surface area contributed by atoms with Crippen molar-refractivity contribution in [1.29, 1.82) is 0 Å². The average Bonchev–Trinajstić information content (AvgIpc) is 2.79. The van der Waals surface area contributed by atoms with Gasteiger partial charge in [-0.2, -0.15) is 0 Å². The number of likely N-dealkylation sites (N-methyl/N-ethyl adjacent to an activating group) is 1. The first kappa shape index (κ1) is 13.1. The van der Waals surface area contributed by atoms with Crippen LogP contribution in [-0.4, -0.2) is 42.6 Å². The summed E-state index contributed by atoms with van der Waals surface area (Å²) in [5.41, 5.74) is 13.9. The van der Waals surface area contributed by atoms with E-state index in [1.165, 1.54) is 16.5 Å². The smallest absolute Gasteiger partial charge is 0.0456 e. The van der Waals surface area contributed by atoms with Crippen LogP contribution in [0.2, 0.25) is 0 Å². The minimum Gasteiger partial charge on any atom is -0.361 e. The van der Waals surface area contributed by atoms with Crippen LogP contribution in [0.4, 0.5) is 0 Å². The van der Waals surface area contributed by atoms with Gasteiger partial charge in [0.15, 0.2) is 0 Å². The Morgan fingerprint density at radius 3 is 2.89 bits per heavy atom. The maximum absolute atomic E-state index is 5.84. The van der Waals surface area contributed by atoms with Crippen molar-refractivity contribution in [2.75, 3.05) is 26.7 Å². The molecule has 1 unspecified atom stereocenters. The molecule has 0 aliphatic heterocycles. The number of fused-ring (bicyclic) bond motifs is 1. The highest BCUT2D eigenvalue weighted by atomic mass is 15.1. The Hall–Kier alpha value is -1.36. The molecule has 98 valence electrons. The van der Waals surface area contributed by atoms with Crippen LogP contribution in [0.5, 0.6) is 0 Å². The summed E-state index contributed by atoms with van der Waals surface area (Å²) in [7, 11) is 2.09. The zero-order valence-corrected chi connectivity index (χ0v) is 10.9. The van der Waals surface area contributed by atoms with Crippen LogP contribution in [0.15, 0.2) is 30.5 Å². The van der Waals surface area contributed by atoms with Crippen molar-refractivity contribution in [3.05, 3.63) is 36.0 Å². The predicted molar refractivity (Wildman–Crippen MR) is 76.5 cm³/mol. The second-order valence-electron chi connectivity index (χ2n) is 4.87. The Bertz CT molecular complexity index is 491. The zero-order valence-electron chi connectivity index (χ0n) is 10.9. The highest BCUT2D eigenvalue weighted by molar-refractivity contribution is 5.83. The van der Waals surface area contributed by atoms with Crippen LogP contribution >= 0.6 is 0 Å². The third kappa shape index (κ3) is 3.10. The molecule has 2 aromatic rings. The van der Waals surface area contributed by atoms with Crippen LogP contribution in [0.25, 0.3) is 10.9 Å². The molecule has 0 amide bonds. The number of nitrogens with two attached hydrogens (primary N) is 2. The third-order valence-corrected chi connectivity index (χ3v) is 3.29. The minimum atomic E-state index is 0.0676. The van der Waals surface area contributed by atoms with Gasteiger partial charge in [-0.15, -0.1) is 0 Å². The first-order valence-corrected chi connectivity index (χ1v) is 6.40. The van der Waals surface area contributed by atoms with Crippen molar-refractivity contribution in [1.82, 2.24) is 9.88 Å². The summed E-state index contributed by atoms with van der Waals surface area (Å²) in [6, 6.07) is 8.46. The van der Waals surface area contributed by atoms with E-state index in [-0.39, 0.29) is 6.04 Å². The molecule has 1 aromatic carbocycles. The van der Waals surface area contributed by atoms with Gasteiger partial charge in [0.25, 0.3) is 0 Å². The largest absolute Gasteiger partial charge is 0.361 e. The molecule has 0 saturated heterocycles. The number of para-hydroxylation sites is 1. The van der Waals surface area contributed by atoms with E-state index in [2.05, 4.69) is 47.4 Å². The van der Waals surface area contributed by atoms with Crippen molar-refractivity contribution in [2.24, 2.45) is 11.5 Å². The summed E-state index contributed by atoms with van der Waals surface area (Å²) in [6.45, 7) is 2.38. The second kappa shape index (κ2) is 6.00. The van der Waals surface area contributed by atoms with Crippen LogP contribution in [0.1, 0.15) is 5.56 Å². The van der Waals surface area contributed by atoms with Crippen LogP contribution < -0.4 is 11.5 Å². The summed E-state index contributed by atoms with van der Waals surface area (Å²) in [5.74, 6) is 0. The normalized spacial score (nSPS) is 13.3. The van der Waals surface area contributed by atoms with Gasteiger partial charge in [-0.25, -0.2) is 0 Å². The van der Waals surface area contributed by atoms with Gasteiger partial charge in [0.1, 0.15) is 0 Å². The Kier molecular flexibility index (Phi) is 4.36. The second-order valence-corrected chi connectivity index (χ2v) is 4.87. The van der Waals surface area contributed by atoms with E-state index in [0.717, 1.165) is 19.5 Å². The fourth-order valence-corrected chi connectivity index (χ4v) is 2.22. The van der Waals surface area contributed by atoms with Gasteiger partial charge in [-0.1, -0.05) is 18.2 Å². The number of nitrogens with zero attached hydrogens (tertiary/aromatic N) is 1. The van der Waals surface area contributed by atoms with Crippen molar-refractivity contribution < 1.29 is 0 Å².